The van der Waals surface area contributed by atoms with Crippen molar-refractivity contribution in [3.8, 4) is 0 Å². The first kappa shape index (κ1) is 30.5. The van der Waals surface area contributed by atoms with E-state index < -0.39 is 78.5 Å². The second kappa shape index (κ2) is 14.8. The van der Waals surface area contributed by atoms with E-state index in [0.29, 0.717) is 5.56 Å². The second-order valence-electron chi connectivity index (χ2n) is 8.09. The number of nitrogens with two attached hydrogens (primary N) is 3. The summed E-state index contributed by atoms with van der Waals surface area (Å²) in [5.74, 6) is -7.69. The third kappa shape index (κ3) is 11.6. The molecular formula is C22H30N6O9. The van der Waals surface area contributed by atoms with E-state index in [9.17, 15) is 38.7 Å². The summed E-state index contributed by atoms with van der Waals surface area (Å²) < 4.78 is 0. The fraction of sp³-hybridized carbons (Fsp3) is 0.409. The van der Waals surface area contributed by atoms with Gasteiger partial charge in [0.25, 0.3) is 0 Å². The predicted octanol–water partition coefficient (Wildman–Crippen LogP) is -3.29. The van der Waals surface area contributed by atoms with E-state index in [1.54, 1.807) is 30.3 Å². The lowest BCUT2D eigenvalue weighted by atomic mass is 10.0. The zero-order chi connectivity index (χ0) is 28.1. The highest BCUT2D eigenvalue weighted by molar-refractivity contribution is 5.96. The largest absolute Gasteiger partial charge is 0.481 e. The molecule has 4 atom stereocenters. The molecule has 0 saturated heterocycles. The molecule has 37 heavy (non-hydrogen) atoms. The average molecular weight is 523 g/mol. The van der Waals surface area contributed by atoms with E-state index >= 15 is 0 Å². The zero-order valence-electron chi connectivity index (χ0n) is 19.7. The fourth-order valence-electron chi connectivity index (χ4n) is 3.12. The van der Waals surface area contributed by atoms with Crippen LogP contribution in [-0.2, 0) is 40.0 Å². The minimum Gasteiger partial charge on any atom is -0.481 e. The predicted molar refractivity (Wildman–Crippen MR) is 126 cm³/mol. The summed E-state index contributed by atoms with van der Waals surface area (Å²) in [4.78, 5) is 83.1. The molecule has 5 amide bonds. The number of carboxylic acids is 2. The minimum atomic E-state index is -1.64. The Labute approximate surface area is 211 Å². The molecule has 0 radical (unpaired) electrons. The summed E-state index contributed by atoms with van der Waals surface area (Å²) >= 11 is 0. The van der Waals surface area contributed by atoms with Crippen LogP contribution in [-0.4, -0.2) is 75.9 Å². The highest BCUT2D eigenvalue weighted by Crippen LogP contribution is 2.06. The Balaban J connectivity index is 3.04. The molecule has 11 N–H and O–H groups in total. The Bertz CT molecular complexity index is 1020. The number of carboxylic acid groups (broad SMARTS) is 2. The maximum Gasteiger partial charge on any atom is 0.326 e. The summed E-state index contributed by atoms with van der Waals surface area (Å²) in [6, 6.07) is 2.29. The summed E-state index contributed by atoms with van der Waals surface area (Å²) in [5.41, 5.74) is 16.3. The van der Waals surface area contributed by atoms with Crippen molar-refractivity contribution in [2.45, 2.75) is 56.3 Å². The van der Waals surface area contributed by atoms with Gasteiger partial charge in [0, 0.05) is 12.8 Å². The molecular weight excluding hydrogens is 492 g/mol. The molecule has 1 aromatic carbocycles. The van der Waals surface area contributed by atoms with Crippen LogP contribution in [0.4, 0.5) is 0 Å². The van der Waals surface area contributed by atoms with Gasteiger partial charge in [0.1, 0.15) is 18.1 Å². The summed E-state index contributed by atoms with van der Waals surface area (Å²) in [7, 11) is 0. The molecule has 0 heterocycles. The number of benzene rings is 1. The van der Waals surface area contributed by atoms with E-state index in [4.69, 9.17) is 22.3 Å². The van der Waals surface area contributed by atoms with Crippen LogP contribution in [0, 0.1) is 0 Å². The second-order valence-corrected chi connectivity index (χ2v) is 8.09. The monoisotopic (exact) mass is 522 g/mol. The van der Waals surface area contributed by atoms with Crippen molar-refractivity contribution < 1.29 is 43.8 Å². The van der Waals surface area contributed by atoms with E-state index in [2.05, 4.69) is 16.0 Å². The molecule has 4 unspecified atom stereocenters. The molecule has 15 nitrogen and oxygen atoms in total. The first-order valence-electron chi connectivity index (χ1n) is 11.0. The molecule has 0 bridgehead atoms. The molecule has 1 rings (SSSR count). The SMILES string of the molecule is NC(=O)CCC(NC(=O)C(N)CC(=O)O)C(=O)NC(CC(N)=O)C(=O)NC(Cc1ccccc1)C(=O)O. The Kier molecular flexibility index (Phi) is 12.2. The van der Waals surface area contributed by atoms with Crippen molar-refractivity contribution in [3.05, 3.63) is 35.9 Å². The number of carbonyl (C=O) groups excluding carboxylic acids is 5. The zero-order valence-corrected chi connectivity index (χ0v) is 19.7. The van der Waals surface area contributed by atoms with Crippen LogP contribution in [0.25, 0.3) is 0 Å². The van der Waals surface area contributed by atoms with Gasteiger partial charge < -0.3 is 43.4 Å². The standard InChI is InChI=1S/C22H30N6O9/c23-12(9-18(31)32)19(33)26-13(6-7-16(24)29)20(34)27-14(10-17(25)30)21(35)28-15(22(36)37)8-11-4-2-1-3-5-11/h1-5,12-15H,6-10,23H2,(H2,24,29)(H2,25,30)(H,26,33)(H,27,34)(H,28,35)(H,31,32)(H,36,37). The lowest BCUT2D eigenvalue weighted by Gasteiger charge is -2.24. The van der Waals surface area contributed by atoms with Gasteiger partial charge in [-0.15, -0.1) is 0 Å². The number of hydrogen-bond acceptors (Lipinski definition) is 8. The summed E-state index contributed by atoms with van der Waals surface area (Å²) in [6.07, 6.45) is -2.29. The highest BCUT2D eigenvalue weighted by Gasteiger charge is 2.31. The molecule has 0 aliphatic carbocycles. The van der Waals surface area contributed by atoms with Crippen LogP contribution in [0.3, 0.4) is 0 Å². The Morgan fingerprint density at radius 2 is 1.27 bits per heavy atom. The maximum absolute atomic E-state index is 12.9. The van der Waals surface area contributed by atoms with Crippen molar-refractivity contribution in [3.63, 3.8) is 0 Å². The average Bonchev–Trinajstić information content (AvgIpc) is 2.80. The Morgan fingerprint density at radius 3 is 1.78 bits per heavy atom. The third-order valence-corrected chi connectivity index (χ3v) is 4.98. The number of carbonyl (C=O) groups is 7. The molecule has 0 saturated carbocycles. The topological polar surface area (TPSA) is 274 Å². The normalized spacial score (nSPS) is 13.8. The maximum atomic E-state index is 12.9. The number of aliphatic carboxylic acids is 2. The van der Waals surface area contributed by atoms with Gasteiger partial charge in [-0.2, -0.15) is 0 Å². The van der Waals surface area contributed by atoms with Crippen molar-refractivity contribution in [1.29, 1.82) is 0 Å². The highest BCUT2D eigenvalue weighted by atomic mass is 16.4. The van der Waals surface area contributed by atoms with Crippen LogP contribution >= 0.6 is 0 Å². The van der Waals surface area contributed by atoms with Crippen molar-refractivity contribution in [1.82, 2.24) is 16.0 Å². The fourth-order valence-corrected chi connectivity index (χ4v) is 3.12. The lowest BCUT2D eigenvalue weighted by molar-refractivity contribution is -0.142. The number of hydrogen-bond donors (Lipinski definition) is 8. The quantitative estimate of drug-likeness (QED) is 0.107. The Hall–Kier alpha value is -4.53. The van der Waals surface area contributed by atoms with Crippen molar-refractivity contribution in [2.24, 2.45) is 17.2 Å². The van der Waals surface area contributed by atoms with E-state index in [1.807, 2.05) is 0 Å². The number of nitrogens with one attached hydrogen (secondary N) is 3. The first-order valence-corrected chi connectivity index (χ1v) is 11.0. The molecule has 15 heteroatoms. The van der Waals surface area contributed by atoms with Gasteiger partial charge in [-0.3, -0.25) is 28.8 Å². The van der Waals surface area contributed by atoms with Crippen LogP contribution in [0.15, 0.2) is 30.3 Å². The van der Waals surface area contributed by atoms with Crippen LogP contribution in [0.1, 0.15) is 31.2 Å². The molecule has 1 aromatic rings. The molecule has 0 aliphatic heterocycles. The van der Waals surface area contributed by atoms with Gasteiger partial charge >= 0.3 is 11.9 Å². The smallest absolute Gasteiger partial charge is 0.326 e. The third-order valence-electron chi connectivity index (χ3n) is 4.98. The van der Waals surface area contributed by atoms with Gasteiger partial charge in [0.05, 0.1) is 18.9 Å². The van der Waals surface area contributed by atoms with Gasteiger partial charge in [0.2, 0.25) is 29.5 Å². The molecule has 202 valence electrons. The number of rotatable bonds is 16. The molecule has 0 spiro atoms. The van der Waals surface area contributed by atoms with E-state index in [0.717, 1.165) is 0 Å². The van der Waals surface area contributed by atoms with Crippen molar-refractivity contribution in [2.75, 3.05) is 0 Å². The molecule has 0 aliphatic rings. The minimum absolute atomic E-state index is 0.0993. The first-order chi connectivity index (χ1) is 17.3. The molecule has 0 aromatic heterocycles. The summed E-state index contributed by atoms with van der Waals surface area (Å²) in [5, 5.41) is 24.9. The Morgan fingerprint density at radius 1 is 0.730 bits per heavy atom. The van der Waals surface area contributed by atoms with Gasteiger partial charge in [-0.25, -0.2) is 4.79 Å². The van der Waals surface area contributed by atoms with E-state index in [-0.39, 0.29) is 19.3 Å². The van der Waals surface area contributed by atoms with Crippen molar-refractivity contribution >= 4 is 41.5 Å². The van der Waals surface area contributed by atoms with Crippen LogP contribution in [0.2, 0.25) is 0 Å². The lowest BCUT2D eigenvalue weighted by Crippen LogP contribution is -2.58. The number of amides is 5. The van der Waals surface area contributed by atoms with Crippen LogP contribution in [0.5, 0.6) is 0 Å². The van der Waals surface area contributed by atoms with Gasteiger partial charge in [-0.05, 0) is 12.0 Å². The van der Waals surface area contributed by atoms with Gasteiger partial charge in [-0.1, -0.05) is 30.3 Å². The van der Waals surface area contributed by atoms with Gasteiger partial charge in [0.15, 0.2) is 0 Å². The van der Waals surface area contributed by atoms with E-state index in [1.165, 1.54) is 0 Å². The molecule has 0 fully saturated rings. The number of primary amides is 2. The summed E-state index contributed by atoms with van der Waals surface area (Å²) in [6.45, 7) is 0. The van der Waals surface area contributed by atoms with Crippen LogP contribution < -0.4 is 33.2 Å².